The number of benzene rings is 2. The zero-order valence-corrected chi connectivity index (χ0v) is 11.4. The van der Waals surface area contributed by atoms with E-state index in [-0.39, 0.29) is 5.91 Å². The zero-order valence-electron chi connectivity index (χ0n) is 9.85. The number of nitrogens with one attached hydrogen (secondary N) is 2. The summed E-state index contributed by atoms with van der Waals surface area (Å²) in [5, 5.41) is 10.7. The number of aromatic amines is 1. The first kappa shape index (κ1) is 11.9. The average molecular weight is 316 g/mol. The smallest absolute Gasteiger partial charge is 0.256 e. The van der Waals surface area contributed by atoms with E-state index in [9.17, 15) is 4.79 Å². The fourth-order valence-corrected chi connectivity index (χ4v) is 2.27. The number of nitrogens with zero attached hydrogens (tertiary/aromatic N) is 1. The molecule has 0 unspecified atom stereocenters. The summed E-state index contributed by atoms with van der Waals surface area (Å²) >= 11 is 3.35. The van der Waals surface area contributed by atoms with Crippen LogP contribution in [0.1, 0.15) is 10.4 Å². The van der Waals surface area contributed by atoms with E-state index in [0.29, 0.717) is 11.4 Å². The summed E-state index contributed by atoms with van der Waals surface area (Å²) in [5.41, 5.74) is 1.48. The van der Waals surface area contributed by atoms with Gasteiger partial charge < -0.3 is 5.32 Å². The van der Waals surface area contributed by atoms with Gasteiger partial charge >= 0.3 is 0 Å². The SMILES string of the molecule is O=C(Nc1n[nH]c2ccccc12)c1cccc(Br)c1. The summed E-state index contributed by atoms with van der Waals surface area (Å²) in [4.78, 5) is 12.1. The molecule has 0 saturated heterocycles. The van der Waals surface area contributed by atoms with Gasteiger partial charge in [-0.25, -0.2) is 0 Å². The molecule has 4 nitrogen and oxygen atoms in total. The molecule has 0 atom stereocenters. The Kier molecular flexibility index (Phi) is 3.05. The molecule has 1 amide bonds. The lowest BCUT2D eigenvalue weighted by molar-refractivity contribution is 0.102. The Hall–Kier alpha value is -2.14. The molecule has 0 fully saturated rings. The highest BCUT2D eigenvalue weighted by Crippen LogP contribution is 2.20. The third-order valence-corrected chi connectivity index (χ3v) is 3.28. The van der Waals surface area contributed by atoms with Gasteiger partial charge in [-0.1, -0.05) is 34.1 Å². The van der Waals surface area contributed by atoms with E-state index in [1.807, 2.05) is 36.4 Å². The third kappa shape index (κ3) is 2.37. The Labute approximate surface area is 118 Å². The molecule has 3 aromatic rings. The van der Waals surface area contributed by atoms with Crippen LogP contribution in [0, 0.1) is 0 Å². The molecule has 3 rings (SSSR count). The van der Waals surface area contributed by atoms with Gasteiger partial charge in [0, 0.05) is 15.4 Å². The number of hydrogen-bond acceptors (Lipinski definition) is 2. The minimum atomic E-state index is -0.182. The molecule has 0 spiro atoms. The monoisotopic (exact) mass is 315 g/mol. The first-order valence-corrected chi connectivity index (χ1v) is 6.53. The van der Waals surface area contributed by atoms with Crippen LogP contribution in [0.5, 0.6) is 0 Å². The van der Waals surface area contributed by atoms with Crippen molar-refractivity contribution in [2.75, 3.05) is 5.32 Å². The van der Waals surface area contributed by atoms with Crippen molar-refractivity contribution >= 4 is 38.6 Å². The maximum absolute atomic E-state index is 12.1. The summed E-state index contributed by atoms with van der Waals surface area (Å²) in [6.45, 7) is 0. The third-order valence-electron chi connectivity index (χ3n) is 2.79. The van der Waals surface area contributed by atoms with Crippen LogP contribution in [-0.4, -0.2) is 16.1 Å². The topological polar surface area (TPSA) is 57.8 Å². The Morgan fingerprint density at radius 1 is 1.16 bits per heavy atom. The van der Waals surface area contributed by atoms with Crippen molar-refractivity contribution in [1.82, 2.24) is 10.2 Å². The number of rotatable bonds is 2. The van der Waals surface area contributed by atoms with Crippen LogP contribution in [0.4, 0.5) is 5.82 Å². The van der Waals surface area contributed by atoms with Gasteiger partial charge in [-0.2, -0.15) is 5.10 Å². The first-order chi connectivity index (χ1) is 9.24. The van der Waals surface area contributed by atoms with Gasteiger partial charge in [-0.3, -0.25) is 9.89 Å². The van der Waals surface area contributed by atoms with Crippen LogP contribution in [0.15, 0.2) is 53.0 Å². The first-order valence-electron chi connectivity index (χ1n) is 5.74. The molecule has 0 bridgehead atoms. The van der Waals surface area contributed by atoms with E-state index in [1.54, 1.807) is 12.1 Å². The molecule has 1 heterocycles. The minimum absolute atomic E-state index is 0.182. The summed E-state index contributed by atoms with van der Waals surface area (Å²) in [5.74, 6) is 0.360. The Bertz CT molecular complexity index is 751. The summed E-state index contributed by atoms with van der Waals surface area (Å²) in [7, 11) is 0. The van der Waals surface area contributed by atoms with Crippen LogP contribution in [-0.2, 0) is 0 Å². The zero-order chi connectivity index (χ0) is 13.2. The van der Waals surface area contributed by atoms with Crippen LogP contribution in [0.3, 0.4) is 0 Å². The molecule has 5 heteroatoms. The lowest BCUT2D eigenvalue weighted by Crippen LogP contribution is -2.12. The number of hydrogen-bond donors (Lipinski definition) is 2. The molecule has 0 aliphatic carbocycles. The van der Waals surface area contributed by atoms with Crippen molar-refractivity contribution < 1.29 is 4.79 Å². The highest BCUT2D eigenvalue weighted by Gasteiger charge is 2.10. The number of anilines is 1. The molecule has 19 heavy (non-hydrogen) atoms. The number of fused-ring (bicyclic) bond motifs is 1. The van der Waals surface area contributed by atoms with Crippen molar-refractivity contribution in [3.63, 3.8) is 0 Å². The quantitative estimate of drug-likeness (QED) is 0.759. The summed E-state index contributed by atoms with van der Waals surface area (Å²) in [6, 6.07) is 14.9. The molecular formula is C14H10BrN3O. The lowest BCUT2D eigenvalue weighted by atomic mass is 10.2. The molecule has 94 valence electrons. The van der Waals surface area contributed by atoms with Crippen LogP contribution in [0.25, 0.3) is 10.9 Å². The van der Waals surface area contributed by atoms with E-state index < -0.39 is 0 Å². The predicted molar refractivity (Wildman–Crippen MR) is 78.2 cm³/mol. The van der Waals surface area contributed by atoms with Crippen LogP contribution in [0.2, 0.25) is 0 Å². The van der Waals surface area contributed by atoms with E-state index in [0.717, 1.165) is 15.4 Å². The molecule has 0 radical (unpaired) electrons. The largest absolute Gasteiger partial charge is 0.305 e. The normalized spacial score (nSPS) is 10.6. The lowest BCUT2D eigenvalue weighted by Gasteiger charge is -2.03. The second kappa shape index (κ2) is 4.85. The molecule has 2 aromatic carbocycles. The fraction of sp³-hybridized carbons (Fsp3) is 0. The molecule has 2 N–H and O–H groups in total. The molecule has 0 aliphatic rings. The van der Waals surface area contributed by atoms with Crippen molar-refractivity contribution in [2.45, 2.75) is 0 Å². The Morgan fingerprint density at radius 2 is 2.00 bits per heavy atom. The molecular weight excluding hydrogens is 306 g/mol. The second-order valence-electron chi connectivity index (χ2n) is 4.08. The second-order valence-corrected chi connectivity index (χ2v) is 5.00. The molecule has 0 aliphatic heterocycles. The average Bonchev–Trinajstić information content (AvgIpc) is 2.82. The van der Waals surface area contributed by atoms with Crippen molar-refractivity contribution in [3.05, 3.63) is 58.6 Å². The van der Waals surface area contributed by atoms with E-state index in [4.69, 9.17) is 0 Å². The summed E-state index contributed by atoms with van der Waals surface area (Å²) < 4.78 is 0.868. The summed E-state index contributed by atoms with van der Waals surface area (Å²) in [6.07, 6.45) is 0. The van der Waals surface area contributed by atoms with Gasteiger partial charge in [-0.15, -0.1) is 0 Å². The minimum Gasteiger partial charge on any atom is -0.305 e. The maximum atomic E-state index is 12.1. The van der Waals surface area contributed by atoms with Gasteiger partial charge in [0.2, 0.25) is 0 Å². The van der Waals surface area contributed by atoms with Gasteiger partial charge in [0.25, 0.3) is 5.91 Å². The highest BCUT2D eigenvalue weighted by atomic mass is 79.9. The van der Waals surface area contributed by atoms with Gasteiger partial charge in [-0.05, 0) is 30.3 Å². The number of carbonyl (C=O) groups excluding carboxylic acids is 1. The number of para-hydroxylation sites is 1. The number of amides is 1. The number of aromatic nitrogens is 2. The standard InChI is InChI=1S/C14H10BrN3O/c15-10-5-3-4-9(8-10)14(19)16-13-11-6-1-2-7-12(11)17-18-13/h1-8H,(H2,16,17,18,19). The Morgan fingerprint density at radius 3 is 2.84 bits per heavy atom. The molecule has 1 aromatic heterocycles. The highest BCUT2D eigenvalue weighted by molar-refractivity contribution is 9.10. The van der Waals surface area contributed by atoms with Crippen LogP contribution >= 0.6 is 15.9 Å². The van der Waals surface area contributed by atoms with E-state index in [1.165, 1.54) is 0 Å². The fourth-order valence-electron chi connectivity index (χ4n) is 1.87. The van der Waals surface area contributed by atoms with Crippen molar-refractivity contribution in [1.29, 1.82) is 0 Å². The molecule has 0 saturated carbocycles. The van der Waals surface area contributed by atoms with Crippen molar-refractivity contribution in [2.24, 2.45) is 0 Å². The number of halogens is 1. The predicted octanol–water partition coefficient (Wildman–Crippen LogP) is 3.58. The number of carbonyl (C=O) groups is 1. The van der Waals surface area contributed by atoms with Crippen molar-refractivity contribution in [3.8, 4) is 0 Å². The van der Waals surface area contributed by atoms with Crippen LogP contribution < -0.4 is 5.32 Å². The number of H-pyrrole nitrogens is 1. The van der Waals surface area contributed by atoms with Gasteiger partial charge in [0.15, 0.2) is 5.82 Å². The Balaban J connectivity index is 1.91. The maximum Gasteiger partial charge on any atom is 0.256 e. The van der Waals surface area contributed by atoms with E-state index in [2.05, 4.69) is 31.4 Å². The van der Waals surface area contributed by atoms with Gasteiger partial charge in [0.1, 0.15) is 0 Å². The van der Waals surface area contributed by atoms with E-state index >= 15 is 0 Å². The van der Waals surface area contributed by atoms with Gasteiger partial charge in [0.05, 0.1) is 5.52 Å².